The summed E-state index contributed by atoms with van der Waals surface area (Å²) in [6.07, 6.45) is 2.27. The van der Waals surface area contributed by atoms with Gasteiger partial charge in [0.1, 0.15) is 12.0 Å². The molecule has 2 aromatic heterocycles. The van der Waals surface area contributed by atoms with Gasteiger partial charge in [0.2, 0.25) is 0 Å². The molecule has 0 bridgehead atoms. The maximum Gasteiger partial charge on any atom is 0.261 e. The number of hydrogen-bond acceptors (Lipinski definition) is 4. The van der Waals surface area contributed by atoms with Crippen molar-refractivity contribution in [3.8, 4) is 11.5 Å². The third kappa shape index (κ3) is 2.46. The van der Waals surface area contributed by atoms with E-state index in [2.05, 4.69) is 4.98 Å². The van der Waals surface area contributed by atoms with Gasteiger partial charge in [0.25, 0.3) is 5.91 Å². The summed E-state index contributed by atoms with van der Waals surface area (Å²) < 4.78 is 5.53. The second-order valence-electron chi connectivity index (χ2n) is 5.40. The quantitative estimate of drug-likeness (QED) is 0.684. The summed E-state index contributed by atoms with van der Waals surface area (Å²) in [5.74, 6) is 0.538. The largest absolute Gasteiger partial charge is 0.462 e. The lowest BCUT2D eigenvalue weighted by molar-refractivity contribution is 0.0989. The van der Waals surface area contributed by atoms with Crippen molar-refractivity contribution in [2.45, 2.75) is 13.3 Å². The average molecular weight is 345 g/mol. The molecule has 1 aliphatic rings. The van der Waals surface area contributed by atoms with Crippen LogP contribution in [0.2, 0.25) is 5.02 Å². The van der Waals surface area contributed by atoms with Crippen molar-refractivity contribution >= 4 is 34.5 Å². The van der Waals surface area contributed by atoms with Crippen LogP contribution in [0.15, 0.2) is 40.3 Å². The molecule has 1 amide bonds. The molecule has 1 aromatic carbocycles. The Morgan fingerprint density at radius 2 is 2.30 bits per heavy atom. The minimum absolute atomic E-state index is 0.0760. The normalized spacial score (nSPS) is 13.4. The minimum Gasteiger partial charge on any atom is -0.462 e. The first-order valence-corrected chi connectivity index (χ1v) is 8.49. The third-order valence-electron chi connectivity index (χ3n) is 3.93. The first-order valence-electron chi connectivity index (χ1n) is 7.24. The number of furan rings is 1. The maximum atomic E-state index is 12.8. The number of hydrogen-bond donors (Lipinski definition) is 0. The molecule has 4 nitrogen and oxygen atoms in total. The molecule has 3 aromatic rings. The summed E-state index contributed by atoms with van der Waals surface area (Å²) in [5, 5.41) is 3.60. The molecule has 23 heavy (non-hydrogen) atoms. The Balaban J connectivity index is 1.64. The molecule has 4 rings (SSSR count). The van der Waals surface area contributed by atoms with E-state index in [0.29, 0.717) is 22.9 Å². The number of rotatable bonds is 2. The Morgan fingerprint density at radius 3 is 3.09 bits per heavy atom. The lowest BCUT2D eigenvalue weighted by Crippen LogP contribution is -2.28. The number of halogens is 1. The van der Waals surface area contributed by atoms with E-state index >= 15 is 0 Å². The summed E-state index contributed by atoms with van der Waals surface area (Å²) in [4.78, 5) is 18.9. The number of aromatic nitrogens is 1. The van der Waals surface area contributed by atoms with Gasteiger partial charge in [-0.2, -0.15) is 0 Å². The van der Waals surface area contributed by atoms with Gasteiger partial charge in [-0.25, -0.2) is 4.98 Å². The molecule has 6 heteroatoms. The van der Waals surface area contributed by atoms with Crippen molar-refractivity contribution < 1.29 is 9.21 Å². The van der Waals surface area contributed by atoms with Crippen LogP contribution < -0.4 is 4.90 Å². The average Bonchev–Trinajstić information content (AvgIpc) is 3.25. The molecule has 0 saturated heterocycles. The van der Waals surface area contributed by atoms with Crippen LogP contribution in [0.25, 0.3) is 11.5 Å². The molecule has 0 radical (unpaired) electrons. The first-order chi connectivity index (χ1) is 11.1. The van der Waals surface area contributed by atoms with E-state index in [1.54, 1.807) is 22.3 Å². The summed E-state index contributed by atoms with van der Waals surface area (Å²) in [7, 11) is 0. The molecule has 3 heterocycles. The number of carbonyl (C=O) groups is 1. The predicted molar refractivity (Wildman–Crippen MR) is 91.4 cm³/mol. The first kappa shape index (κ1) is 14.5. The van der Waals surface area contributed by atoms with Crippen LogP contribution >= 0.6 is 22.9 Å². The molecule has 0 aliphatic carbocycles. The fraction of sp³-hybridized carbons (Fsp3) is 0.176. The minimum atomic E-state index is -0.0760. The number of benzene rings is 1. The summed E-state index contributed by atoms with van der Waals surface area (Å²) in [5.41, 5.74) is 3.20. The molecular formula is C17H13ClN2O2S. The highest BCUT2D eigenvalue weighted by Gasteiger charge is 2.28. The van der Waals surface area contributed by atoms with Crippen LogP contribution in [-0.2, 0) is 6.42 Å². The number of carbonyl (C=O) groups excluding carboxylic acids is 1. The van der Waals surface area contributed by atoms with Gasteiger partial charge in [-0.3, -0.25) is 4.79 Å². The molecule has 0 unspecified atom stereocenters. The zero-order valence-corrected chi connectivity index (χ0v) is 13.9. The molecule has 0 fully saturated rings. The Kier molecular flexibility index (Phi) is 3.47. The fourth-order valence-corrected chi connectivity index (χ4v) is 3.68. The van der Waals surface area contributed by atoms with Crippen molar-refractivity contribution in [2.24, 2.45) is 0 Å². The lowest BCUT2D eigenvalue weighted by atomic mass is 10.1. The Hall–Kier alpha value is -2.11. The van der Waals surface area contributed by atoms with Gasteiger partial charge in [0.15, 0.2) is 5.76 Å². The smallest absolute Gasteiger partial charge is 0.261 e. The predicted octanol–water partition coefficient (Wildman–Crippen LogP) is 4.57. The van der Waals surface area contributed by atoms with E-state index in [4.69, 9.17) is 16.0 Å². The number of amides is 1. The van der Waals surface area contributed by atoms with E-state index in [1.165, 1.54) is 6.26 Å². The van der Waals surface area contributed by atoms with Crippen LogP contribution in [-0.4, -0.2) is 17.4 Å². The van der Waals surface area contributed by atoms with E-state index in [9.17, 15) is 4.79 Å². The highest BCUT2D eigenvalue weighted by molar-refractivity contribution is 7.09. The van der Waals surface area contributed by atoms with Crippen molar-refractivity contribution in [1.82, 2.24) is 4.98 Å². The van der Waals surface area contributed by atoms with Crippen molar-refractivity contribution in [3.05, 3.63) is 57.1 Å². The molecule has 1 aliphatic heterocycles. The summed E-state index contributed by atoms with van der Waals surface area (Å²) >= 11 is 7.76. The molecule has 0 atom stereocenters. The summed E-state index contributed by atoms with van der Waals surface area (Å²) in [6.45, 7) is 2.57. The van der Waals surface area contributed by atoms with Crippen LogP contribution in [0, 0.1) is 6.92 Å². The van der Waals surface area contributed by atoms with Gasteiger partial charge >= 0.3 is 0 Å². The number of fused-ring (bicyclic) bond motifs is 1. The molecule has 0 N–H and O–H groups in total. The van der Waals surface area contributed by atoms with E-state index in [-0.39, 0.29) is 5.91 Å². The van der Waals surface area contributed by atoms with Gasteiger partial charge in [0, 0.05) is 22.6 Å². The lowest BCUT2D eigenvalue weighted by Gasteiger charge is -2.16. The third-order valence-corrected chi connectivity index (χ3v) is 5.06. The van der Waals surface area contributed by atoms with Gasteiger partial charge in [-0.1, -0.05) is 17.7 Å². The number of thiazole rings is 1. The SMILES string of the molecule is Cc1nc(-c2cc(C(=O)N3CCc4c(Cl)cccc43)co2)cs1. The molecule has 0 saturated carbocycles. The molecular weight excluding hydrogens is 332 g/mol. The number of anilines is 1. The van der Waals surface area contributed by atoms with Crippen LogP contribution in [0.3, 0.4) is 0 Å². The van der Waals surface area contributed by atoms with Gasteiger partial charge in [-0.05, 0) is 37.1 Å². The van der Waals surface area contributed by atoms with Gasteiger partial charge in [0.05, 0.1) is 10.6 Å². The van der Waals surface area contributed by atoms with Crippen molar-refractivity contribution in [3.63, 3.8) is 0 Å². The number of nitrogens with zero attached hydrogens (tertiary/aromatic N) is 2. The Labute approximate surface area is 142 Å². The zero-order chi connectivity index (χ0) is 16.0. The maximum absolute atomic E-state index is 12.8. The number of aryl methyl sites for hydroxylation is 1. The van der Waals surface area contributed by atoms with Crippen LogP contribution in [0.4, 0.5) is 5.69 Å². The van der Waals surface area contributed by atoms with Gasteiger partial charge < -0.3 is 9.32 Å². The Bertz CT molecular complexity index is 900. The van der Waals surface area contributed by atoms with Crippen molar-refractivity contribution in [2.75, 3.05) is 11.4 Å². The van der Waals surface area contributed by atoms with E-state index in [0.717, 1.165) is 28.4 Å². The Morgan fingerprint density at radius 1 is 1.43 bits per heavy atom. The topological polar surface area (TPSA) is 46.3 Å². The second kappa shape index (κ2) is 5.51. The van der Waals surface area contributed by atoms with Crippen molar-refractivity contribution in [1.29, 1.82) is 0 Å². The zero-order valence-electron chi connectivity index (χ0n) is 12.4. The van der Waals surface area contributed by atoms with E-state index in [1.807, 2.05) is 30.5 Å². The molecule has 0 spiro atoms. The highest BCUT2D eigenvalue weighted by Crippen LogP contribution is 2.34. The monoisotopic (exact) mass is 344 g/mol. The van der Waals surface area contributed by atoms with Crippen LogP contribution in [0.1, 0.15) is 20.9 Å². The fourth-order valence-electron chi connectivity index (χ4n) is 2.82. The van der Waals surface area contributed by atoms with E-state index < -0.39 is 0 Å². The molecule has 116 valence electrons. The summed E-state index contributed by atoms with van der Waals surface area (Å²) in [6, 6.07) is 7.40. The van der Waals surface area contributed by atoms with Crippen LogP contribution in [0.5, 0.6) is 0 Å². The van der Waals surface area contributed by atoms with Gasteiger partial charge in [-0.15, -0.1) is 11.3 Å². The second-order valence-corrected chi connectivity index (χ2v) is 6.87. The highest BCUT2D eigenvalue weighted by atomic mass is 35.5. The standard InChI is InChI=1S/C17H13ClN2O2S/c1-10-19-14(9-23-10)16-7-11(8-22-16)17(21)20-6-5-12-13(18)3-2-4-15(12)20/h2-4,7-9H,5-6H2,1H3.